The summed E-state index contributed by atoms with van der Waals surface area (Å²) in [7, 11) is 0. The number of halogens is 3. The quantitative estimate of drug-likeness (QED) is 0.650. The van der Waals surface area contributed by atoms with Gasteiger partial charge in [-0.05, 0) is 0 Å². The normalized spacial score (nSPS) is 33.0. The SMILES string of the molecule is FC(F)(F)C1=CC=CC2S[C]NC12. The fourth-order valence-corrected chi connectivity index (χ4v) is 2.22. The molecule has 1 aliphatic heterocycles. The van der Waals surface area contributed by atoms with Crippen LogP contribution >= 0.6 is 11.8 Å². The van der Waals surface area contributed by atoms with Crippen LogP contribution in [0.3, 0.4) is 0 Å². The summed E-state index contributed by atoms with van der Waals surface area (Å²) in [6.45, 7) is 0. The van der Waals surface area contributed by atoms with E-state index in [-0.39, 0.29) is 5.25 Å². The van der Waals surface area contributed by atoms with Crippen molar-refractivity contribution in [3.8, 4) is 0 Å². The molecular formula is C8H6F3NS. The third-order valence-corrected chi connectivity index (χ3v) is 2.91. The first-order valence-electron chi connectivity index (χ1n) is 3.71. The Balaban J connectivity index is 2.27. The van der Waals surface area contributed by atoms with Gasteiger partial charge in [0.05, 0.1) is 11.6 Å². The first-order chi connectivity index (χ1) is 6.09. The second kappa shape index (κ2) is 3.06. The van der Waals surface area contributed by atoms with Crippen molar-refractivity contribution in [3.05, 3.63) is 29.7 Å². The Kier molecular flexibility index (Phi) is 2.15. The Bertz CT molecular complexity index is 269. The van der Waals surface area contributed by atoms with Gasteiger partial charge in [0.2, 0.25) is 0 Å². The lowest BCUT2D eigenvalue weighted by Gasteiger charge is -2.23. The molecule has 1 N–H and O–H groups in total. The molecule has 0 aromatic heterocycles. The molecule has 1 nitrogen and oxygen atoms in total. The summed E-state index contributed by atoms with van der Waals surface area (Å²) in [5.41, 5.74) is -0.516. The van der Waals surface area contributed by atoms with Gasteiger partial charge >= 0.3 is 6.18 Å². The summed E-state index contributed by atoms with van der Waals surface area (Å²) in [5.74, 6) is 2.64. The van der Waals surface area contributed by atoms with E-state index in [9.17, 15) is 13.2 Å². The highest BCUT2D eigenvalue weighted by atomic mass is 32.2. The molecule has 5 heteroatoms. The topological polar surface area (TPSA) is 12.0 Å². The van der Waals surface area contributed by atoms with Gasteiger partial charge in [-0.15, -0.1) is 11.8 Å². The van der Waals surface area contributed by atoms with Crippen molar-refractivity contribution in [2.75, 3.05) is 0 Å². The standard InChI is InChI=1S/C8H6F3NS/c9-8(10,11)5-2-1-3-6-7(5)12-4-13-6/h1-3,6-7,12H. The lowest BCUT2D eigenvalue weighted by molar-refractivity contribution is -0.0961. The molecule has 0 aromatic carbocycles. The van der Waals surface area contributed by atoms with Crippen LogP contribution in [-0.2, 0) is 0 Å². The van der Waals surface area contributed by atoms with Gasteiger partial charge in [-0.3, -0.25) is 5.32 Å². The Labute approximate surface area is 78.1 Å². The zero-order valence-electron chi connectivity index (χ0n) is 6.43. The van der Waals surface area contributed by atoms with Crippen LogP contribution in [-0.4, -0.2) is 17.5 Å². The van der Waals surface area contributed by atoms with Gasteiger partial charge in [0, 0.05) is 5.25 Å². The number of fused-ring (bicyclic) bond motifs is 1. The van der Waals surface area contributed by atoms with Crippen molar-refractivity contribution < 1.29 is 13.2 Å². The number of hydrogen-bond acceptors (Lipinski definition) is 2. The van der Waals surface area contributed by atoms with E-state index in [0.717, 1.165) is 6.08 Å². The molecule has 2 unspecified atom stereocenters. The molecule has 2 atom stereocenters. The molecule has 2 aliphatic rings. The summed E-state index contributed by atoms with van der Waals surface area (Å²) in [6.07, 6.45) is 0.0677. The highest BCUT2D eigenvalue weighted by molar-refractivity contribution is 8.02. The molecule has 0 spiro atoms. The lowest BCUT2D eigenvalue weighted by atomic mass is 9.98. The monoisotopic (exact) mass is 205 g/mol. The molecule has 1 fully saturated rings. The molecule has 2 rings (SSSR count). The molecule has 13 heavy (non-hydrogen) atoms. The van der Waals surface area contributed by atoms with Gasteiger partial charge in [-0.2, -0.15) is 13.2 Å². The number of thioether (sulfide) groups is 1. The zero-order chi connectivity index (χ0) is 9.47. The van der Waals surface area contributed by atoms with Gasteiger partial charge in [0.1, 0.15) is 5.88 Å². The zero-order valence-corrected chi connectivity index (χ0v) is 7.25. The van der Waals surface area contributed by atoms with E-state index < -0.39 is 17.8 Å². The number of hydrogen-bond donors (Lipinski definition) is 1. The smallest absolute Gasteiger partial charge is 0.290 e. The van der Waals surface area contributed by atoms with Crippen LogP contribution < -0.4 is 5.32 Å². The van der Waals surface area contributed by atoms with Crippen LogP contribution in [0, 0.1) is 5.88 Å². The number of rotatable bonds is 0. The number of allylic oxidation sites excluding steroid dienone is 2. The molecule has 2 radical (unpaired) electrons. The van der Waals surface area contributed by atoms with Crippen LogP contribution in [0.4, 0.5) is 13.2 Å². The van der Waals surface area contributed by atoms with Crippen molar-refractivity contribution >= 4 is 11.8 Å². The molecule has 0 aromatic rings. The van der Waals surface area contributed by atoms with E-state index in [2.05, 4.69) is 11.2 Å². The summed E-state index contributed by atoms with van der Waals surface area (Å²) in [4.78, 5) is 0. The Morgan fingerprint density at radius 1 is 1.46 bits per heavy atom. The van der Waals surface area contributed by atoms with E-state index in [4.69, 9.17) is 0 Å². The minimum Gasteiger partial charge on any atom is -0.290 e. The molecule has 1 aliphatic carbocycles. The number of alkyl halides is 3. The van der Waals surface area contributed by atoms with Crippen LogP contribution in [0.1, 0.15) is 0 Å². The van der Waals surface area contributed by atoms with Gasteiger partial charge in [0.15, 0.2) is 0 Å². The van der Waals surface area contributed by atoms with Gasteiger partial charge in [-0.25, -0.2) is 0 Å². The van der Waals surface area contributed by atoms with E-state index in [1.165, 1.54) is 17.8 Å². The highest BCUT2D eigenvalue weighted by Gasteiger charge is 2.44. The van der Waals surface area contributed by atoms with E-state index in [0.29, 0.717) is 0 Å². The minimum atomic E-state index is -4.24. The molecule has 0 amide bonds. The molecular weight excluding hydrogens is 199 g/mol. The minimum absolute atomic E-state index is 0.165. The van der Waals surface area contributed by atoms with Crippen LogP contribution in [0.25, 0.3) is 0 Å². The van der Waals surface area contributed by atoms with Gasteiger partial charge in [0.25, 0.3) is 0 Å². The fourth-order valence-electron chi connectivity index (χ4n) is 1.36. The number of nitrogens with one attached hydrogen (secondary N) is 1. The maximum absolute atomic E-state index is 12.4. The van der Waals surface area contributed by atoms with Crippen molar-refractivity contribution in [1.82, 2.24) is 5.32 Å². The first kappa shape index (κ1) is 9.15. The Morgan fingerprint density at radius 2 is 2.23 bits per heavy atom. The van der Waals surface area contributed by atoms with E-state index >= 15 is 0 Å². The maximum atomic E-state index is 12.4. The summed E-state index contributed by atoms with van der Waals surface area (Å²) in [6, 6.07) is -0.657. The second-order valence-electron chi connectivity index (χ2n) is 2.81. The van der Waals surface area contributed by atoms with Crippen molar-refractivity contribution in [2.24, 2.45) is 0 Å². The molecule has 0 saturated carbocycles. The predicted octanol–water partition coefficient (Wildman–Crippen LogP) is 2.11. The fraction of sp³-hybridized carbons (Fsp3) is 0.375. The van der Waals surface area contributed by atoms with Crippen LogP contribution in [0.15, 0.2) is 23.8 Å². The summed E-state index contributed by atoms with van der Waals surface area (Å²) in [5, 5.41) is 2.42. The summed E-state index contributed by atoms with van der Waals surface area (Å²) >= 11 is 1.26. The average Bonchev–Trinajstić information content (AvgIpc) is 2.48. The Morgan fingerprint density at radius 3 is 2.92 bits per heavy atom. The van der Waals surface area contributed by atoms with Crippen LogP contribution in [0.5, 0.6) is 0 Å². The highest BCUT2D eigenvalue weighted by Crippen LogP contribution is 2.39. The molecule has 70 valence electrons. The van der Waals surface area contributed by atoms with Gasteiger partial charge in [-0.1, -0.05) is 18.2 Å². The predicted molar refractivity (Wildman–Crippen MR) is 44.8 cm³/mol. The van der Waals surface area contributed by atoms with Crippen LogP contribution in [0.2, 0.25) is 0 Å². The third-order valence-electron chi connectivity index (χ3n) is 1.98. The molecule has 1 saturated heterocycles. The second-order valence-corrected chi connectivity index (χ2v) is 3.80. The first-order valence-corrected chi connectivity index (χ1v) is 4.59. The van der Waals surface area contributed by atoms with Gasteiger partial charge < -0.3 is 0 Å². The largest absolute Gasteiger partial charge is 0.414 e. The molecule has 0 bridgehead atoms. The molecule has 1 heterocycles. The van der Waals surface area contributed by atoms with E-state index in [1.54, 1.807) is 6.08 Å². The maximum Gasteiger partial charge on any atom is 0.414 e. The third kappa shape index (κ3) is 1.62. The van der Waals surface area contributed by atoms with E-state index in [1.807, 2.05) is 0 Å². The summed E-state index contributed by atoms with van der Waals surface area (Å²) < 4.78 is 37.2. The lowest BCUT2D eigenvalue weighted by Crippen LogP contribution is -2.37. The van der Waals surface area contributed by atoms with Crippen molar-refractivity contribution in [2.45, 2.75) is 17.5 Å². The van der Waals surface area contributed by atoms with Crippen molar-refractivity contribution in [1.29, 1.82) is 0 Å². The van der Waals surface area contributed by atoms with Crippen molar-refractivity contribution in [3.63, 3.8) is 0 Å². The average molecular weight is 205 g/mol. The Hall–Kier alpha value is -0.420.